The van der Waals surface area contributed by atoms with Crippen LogP contribution in [-0.2, 0) is 16.4 Å². The van der Waals surface area contributed by atoms with Gasteiger partial charge in [0, 0.05) is 39.3 Å². The largest absolute Gasteiger partial charge is 0.497 e. The number of rotatable bonds is 13. The van der Waals surface area contributed by atoms with Gasteiger partial charge in [0.2, 0.25) is 10.0 Å². The lowest BCUT2D eigenvalue weighted by molar-refractivity contribution is -0.825. The summed E-state index contributed by atoms with van der Waals surface area (Å²) in [7, 11) is 3.22. The van der Waals surface area contributed by atoms with Crippen LogP contribution in [-0.4, -0.2) is 77.2 Å². The number of nitrogens with zero attached hydrogens (tertiary/aromatic N) is 2. The molecule has 2 N–H and O–H groups in total. The minimum absolute atomic E-state index is 0.0194. The fourth-order valence-electron chi connectivity index (χ4n) is 5.09. The molecule has 3 atom stereocenters. The lowest BCUT2D eigenvalue weighted by Crippen LogP contribution is -3.17. The second-order valence-corrected chi connectivity index (χ2v) is 13.0. The van der Waals surface area contributed by atoms with Gasteiger partial charge < -0.3 is 14.7 Å². The molecule has 0 aromatic heterocycles. The van der Waals surface area contributed by atoms with Crippen molar-refractivity contribution in [2.45, 2.75) is 44.2 Å². The SMILES string of the molecule is COc1ccc(S(=O)(=O)N(CC(C)C)C[C@@H](O)[C@H](Cc2ccccc2)[NH+](C)C(=O)c2cccc(N(C)C)c2C)cc1. The summed E-state index contributed by atoms with van der Waals surface area (Å²) >= 11 is 0. The number of nitrogens with one attached hydrogen (secondary N) is 1. The van der Waals surface area contributed by atoms with E-state index in [2.05, 4.69) is 0 Å². The van der Waals surface area contributed by atoms with Crippen molar-refractivity contribution in [3.05, 3.63) is 89.5 Å². The van der Waals surface area contributed by atoms with Crippen LogP contribution in [0.2, 0.25) is 0 Å². The van der Waals surface area contributed by atoms with E-state index in [9.17, 15) is 18.3 Å². The van der Waals surface area contributed by atoms with E-state index < -0.39 is 22.2 Å². The van der Waals surface area contributed by atoms with Gasteiger partial charge in [-0.3, -0.25) is 4.90 Å². The van der Waals surface area contributed by atoms with Gasteiger partial charge in [0.15, 0.2) is 0 Å². The molecule has 3 aromatic rings. The lowest BCUT2D eigenvalue weighted by Gasteiger charge is -2.32. The average molecular weight is 583 g/mol. The molecule has 3 aromatic carbocycles. The lowest BCUT2D eigenvalue weighted by atomic mass is 9.97. The molecule has 3 rings (SSSR count). The van der Waals surface area contributed by atoms with Gasteiger partial charge in [-0.25, -0.2) is 13.2 Å². The summed E-state index contributed by atoms with van der Waals surface area (Å²) in [4.78, 5) is 16.5. The Morgan fingerprint density at radius 2 is 1.59 bits per heavy atom. The monoisotopic (exact) mass is 582 g/mol. The van der Waals surface area contributed by atoms with Gasteiger partial charge in [-0.1, -0.05) is 50.2 Å². The van der Waals surface area contributed by atoms with E-state index in [1.165, 1.54) is 23.5 Å². The number of methoxy groups -OCH3 is 1. The molecular formula is C32H44N3O5S+. The van der Waals surface area contributed by atoms with E-state index in [0.717, 1.165) is 16.8 Å². The zero-order valence-electron chi connectivity index (χ0n) is 25.2. The molecule has 0 aliphatic carbocycles. The Morgan fingerprint density at radius 1 is 0.951 bits per heavy atom. The molecule has 0 spiro atoms. The second kappa shape index (κ2) is 14.1. The minimum Gasteiger partial charge on any atom is -0.497 e. The maximum Gasteiger partial charge on any atom is 0.344 e. The van der Waals surface area contributed by atoms with Gasteiger partial charge in [0.05, 0.1) is 24.6 Å². The molecular weight excluding hydrogens is 538 g/mol. The van der Waals surface area contributed by atoms with E-state index >= 15 is 0 Å². The Bertz CT molecular complexity index is 1390. The topological polar surface area (TPSA) is 91.6 Å². The Hall–Kier alpha value is -3.24. The van der Waals surface area contributed by atoms with Gasteiger partial charge in [-0.15, -0.1) is 0 Å². The van der Waals surface area contributed by atoms with E-state index in [-0.39, 0.29) is 29.8 Å². The molecule has 0 heterocycles. The highest BCUT2D eigenvalue weighted by Crippen LogP contribution is 2.23. The Labute approximate surface area is 245 Å². The first kappa shape index (κ1) is 32.3. The smallest absolute Gasteiger partial charge is 0.344 e. The van der Waals surface area contributed by atoms with Crippen molar-refractivity contribution in [3.8, 4) is 5.75 Å². The summed E-state index contributed by atoms with van der Waals surface area (Å²) in [6.45, 7) is 5.87. The maximum absolute atomic E-state index is 13.9. The van der Waals surface area contributed by atoms with Gasteiger partial charge in [-0.05, 0) is 60.4 Å². The van der Waals surface area contributed by atoms with Crippen LogP contribution in [0.5, 0.6) is 5.75 Å². The number of ether oxygens (including phenoxy) is 1. The van der Waals surface area contributed by atoms with Crippen molar-refractivity contribution in [2.24, 2.45) is 5.92 Å². The molecule has 1 amide bonds. The van der Waals surface area contributed by atoms with Crippen LogP contribution in [0.15, 0.2) is 77.7 Å². The first-order valence-electron chi connectivity index (χ1n) is 13.9. The highest BCUT2D eigenvalue weighted by Gasteiger charge is 2.37. The summed E-state index contributed by atoms with van der Waals surface area (Å²) < 4.78 is 34.0. The number of hydrogen-bond acceptors (Lipinski definition) is 6. The molecule has 0 bridgehead atoms. The molecule has 41 heavy (non-hydrogen) atoms. The highest BCUT2D eigenvalue weighted by molar-refractivity contribution is 7.89. The third kappa shape index (κ3) is 7.95. The number of benzene rings is 3. The predicted molar refractivity (Wildman–Crippen MR) is 163 cm³/mol. The Kier molecular flexibility index (Phi) is 11.1. The van der Waals surface area contributed by atoms with Gasteiger partial charge in [0.25, 0.3) is 0 Å². The summed E-state index contributed by atoms with van der Waals surface area (Å²) in [6, 6.07) is 20.9. The normalized spacial score (nSPS) is 14.1. The first-order chi connectivity index (χ1) is 19.4. The van der Waals surface area contributed by atoms with E-state index in [4.69, 9.17) is 4.74 Å². The molecule has 0 aliphatic rings. The highest BCUT2D eigenvalue weighted by atomic mass is 32.2. The zero-order valence-corrected chi connectivity index (χ0v) is 26.0. The molecule has 0 saturated carbocycles. The summed E-state index contributed by atoms with van der Waals surface area (Å²) in [6.07, 6.45) is -0.729. The number of sulfonamides is 1. The number of aliphatic hydroxyl groups is 1. The Balaban J connectivity index is 1.98. The van der Waals surface area contributed by atoms with Crippen molar-refractivity contribution >= 4 is 21.6 Å². The van der Waals surface area contributed by atoms with Crippen LogP contribution >= 0.6 is 0 Å². The van der Waals surface area contributed by atoms with Crippen LogP contribution in [0.1, 0.15) is 35.3 Å². The molecule has 9 heteroatoms. The van der Waals surface area contributed by atoms with Crippen LogP contribution in [0.3, 0.4) is 0 Å². The Morgan fingerprint density at radius 3 is 2.15 bits per heavy atom. The predicted octanol–water partition coefficient (Wildman–Crippen LogP) is 3.04. The quantitative estimate of drug-likeness (QED) is 0.322. The molecule has 0 fully saturated rings. The van der Waals surface area contributed by atoms with Gasteiger partial charge in [0.1, 0.15) is 17.9 Å². The van der Waals surface area contributed by atoms with Crippen molar-refractivity contribution in [3.63, 3.8) is 0 Å². The number of carbonyl (C=O) groups is 1. The maximum atomic E-state index is 13.9. The minimum atomic E-state index is -3.92. The molecule has 0 saturated heterocycles. The van der Waals surface area contributed by atoms with Crippen molar-refractivity contribution < 1.29 is 28.0 Å². The van der Waals surface area contributed by atoms with E-state index in [1.54, 1.807) is 25.2 Å². The van der Waals surface area contributed by atoms with Gasteiger partial charge >= 0.3 is 5.91 Å². The molecule has 222 valence electrons. The number of hydrogen-bond donors (Lipinski definition) is 2. The fourth-order valence-corrected chi connectivity index (χ4v) is 6.71. The third-order valence-electron chi connectivity index (χ3n) is 7.37. The van der Waals surface area contributed by atoms with Gasteiger partial charge in [-0.2, -0.15) is 4.31 Å². The van der Waals surface area contributed by atoms with Crippen LogP contribution < -0.4 is 14.5 Å². The van der Waals surface area contributed by atoms with E-state index in [1.807, 2.05) is 82.2 Å². The fraction of sp³-hybridized carbons (Fsp3) is 0.406. The summed E-state index contributed by atoms with van der Waals surface area (Å²) in [5.74, 6) is 0.421. The number of amides is 1. The number of aliphatic hydroxyl groups excluding tert-OH is 1. The number of carbonyl (C=O) groups excluding carboxylic acids is 1. The van der Waals surface area contributed by atoms with Crippen LogP contribution in [0.4, 0.5) is 5.69 Å². The summed E-state index contributed by atoms with van der Waals surface area (Å²) in [5.41, 5.74) is 3.33. The zero-order chi connectivity index (χ0) is 30.3. The first-order valence-corrected chi connectivity index (χ1v) is 15.3. The number of quaternary nitrogens is 1. The molecule has 0 radical (unpaired) electrons. The van der Waals surface area contributed by atoms with Crippen LogP contribution in [0, 0.1) is 12.8 Å². The van der Waals surface area contributed by atoms with Crippen molar-refractivity contribution in [1.29, 1.82) is 0 Å². The van der Waals surface area contributed by atoms with E-state index in [0.29, 0.717) is 22.6 Å². The average Bonchev–Trinajstić information content (AvgIpc) is 2.95. The van der Waals surface area contributed by atoms with Crippen molar-refractivity contribution in [2.75, 3.05) is 46.2 Å². The van der Waals surface area contributed by atoms with Crippen molar-refractivity contribution in [1.82, 2.24) is 4.31 Å². The molecule has 0 aliphatic heterocycles. The molecule has 1 unspecified atom stereocenters. The summed E-state index contributed by atoms with van der Waals surface area (Å²) in [5, 5.41) is 11.7. The molecule has 8 nitrogen and oxygen atoms in total. The number of likely N-dealkylation sites (N-methyl/N-ethyl adjacent to an activating group) is 1. The third-order valence-corrected chi connectivity index (χ3v) is 9.21. The number of anilines is 1. The van der Waals surface area contributed by atoms with Crippen LogP contribution in [0.25, 0.3) is 0 Å². The standard InChI is InChI=1S/C32H43N3O5S/c1-23(2)21-35(41(38,39)27-18-16-26(40-7)17-19-27)22-31(36)30(20-25-12-9-8-10-13-25)34(6)32(37)28-14-11-15-29(24(28)3)33(4)5/h8-19,23,30-31,36H,20-22H2,1-7H3/p+1/t30-,31+/m0/s1. The second-order valence-electron chi connectivity index (χ2n) is 11.1.